The molecule has 2 aromatic carbocycles. The van der Waals surface area contributed by atoms with Crippen molar-refractivity contribution in [3.05, 3.63) is 57.6 Å². The lowest BCUT2D eigenvalue weighted by Gasteiger charge is -2.26. The number of likely N-dealkylation sites (tertiary alicyclic amines) is 1. The van der Waals surface area contributed by atoms with Gasteiger partial charge in [-0.15, -0.1) is 12.4 Å². The number of hydrogen-bond donors (Lipinski definition) is 0. The number of ether oxygens (including phenoxy) is 1. The molecule has 0 N–H and O–H groups in total. The van der Waals surface area contributed by atoms with Gasteiger partial charge in [-0.05, 0) is 69.1 Å². The molecule has 0 atom stereocenters. The molecular formula is C23H31Cl3N2O3S. The van der Waals surface area contributed by atoms with Crippen molar-refractivity contribution in [3.63, 3.8) is 0 Å². The number of nitrogens with zero attached hydrogens (tertiary/aromatic N) is 2. The van der Waals surface area contributed by atoms with E-state index in [2.05, 4.69) is 4.90 Å². The first-order valence-corrected chi connectivity index (χ1v) is 13.2. The highest BCUT2D eigenvalue weighted by Crippen LogP contribution is 2.33. The lowest BCUT2D eigenvalue weighted by Crippen LogP contribution is -2.31. The van der Waals surface area contributed by atoms with Gasteiger partial charge >= 0.3 is 0 Å². The minimum Gasteiger partial charge on any atom is -0.493 e. The summed E-state index contributed by atoms with van der Waals surface area (Å²) < 4.78 is 32.6. The minimum atomic E-state index is -3.59. The number of anilines is 1. The SMILES string of the molecule is Cc1ccc(CN(c2cc(Cl)ccc2Cl)S(C)(=O)=O)c(OCCCN2CCCCC2)c1.Cl. The molecule has 0 spiro atoms. The molecule has 1 saturated heterocycles. The fourth-order valence-electron chi connectivity index (χ4n) is 3.79. The van der Waals surface area contributed by atoms with Crippen molar-refractivity contribution >= 4 is 51.3 Å². The van der Waals surface area contributed by atoms with Crippen LogP contribution in [0.25, 0.3) is 0 Å². The zero-order valence-corrected chi connectivity index (χ0v) is 21.7. The van der Waals surface area contributed by atoms with Crippen LogP contribution in [0.1, 0.15) is 36.8 Å². The summed E-state index contributed by atoms with van der Waals surface area (Å²) in [5.74, 6) is 0.699. The molecule has 1 aliphatic rings. The fourth-order valence-corrected chi connectivity index (χ4v) is 5.11. The number of halogens is 3. The van der Waals surface area contributed by atoms with Gasteiger partial charge in [0.2, 0.25) is 10.0 Å². The van der Waals surface area contributed by atoms with Gasteiger partial charge in [0.05, 0.1) is 30.1 Å². The Morgan fingerprint density at radius 2 is 1.78 bits per heavy atom. The number of hydrogen-bond acceptors (Lipinski definition) is 4. The predicted octanol–water partition coefficient (Wildman–Crippen LogP) is 5.94. The van der Waals surface area contributed by atoms with E-state index in [-0.39, 0.29) is 19.0 Å². The van der Waals surface area contributed by atoms with Gasteiger partial charge in [0.1, 0.15) is 5.75 Å². The zero-order chi connectivity index (χ0) is 22.4. The van der Waals surface area contributed by atoms with Crippen LogP contribution in [0.2, 0.25) is 10.0 Å². The monoisotopic (exact) mass is 520 g/mol. The summed E-state index contributed by atoms with van der Waals surface area (Å²) in [6.45, 7) is 6.05. The summed E-state index contributed by atoms with van der Waals surface area (Å²) in [7, 11) is -3.59. The topological polar surface area (TPSA) is 49.9 Å². The van der Waals surface area contributed by atoms with Crippen molar-refractivity contribution in [2.24, 2.45) is 0 Å². The summed E-state index contributed by atoms with van der Waals surface area (Å²) >= 11 is 12.4. The summed E-state index contributed by atoms with van der Waals surface area (Å²) in [4.78, 5) is 2.48. The van der Waals surface area contributed by atoms with Crippen molar-refractivity contribution in [1.82, 2.24) is 4.90 Å². The van der Waals surface area contributed by atoms with Crippen molar-refractivity contribution in [3.8, 4) is 5.75 Å². The quantitative estimate of drug-likeness (QED) is 0.383. The van der Waals surface area contributed by atoms with Crippen LogP contribution in [0.3, 0.4) is 0 Å². The first kappa shape index (κ1) is 27.1. The molecule has 32 heavy (non-hydrogen) atoms. The normalized spacial score (nSPS) is 14.6. The highest BCUT2D eigenvalue weighted by Gasteiger charge is 2.22. The van der Waals surface area contributed by atoms with E-state index in [9.17, 15) is 8.42 Å². The van der Waals surface area contributed by atoms with Gasteiger partial charge in [-0.1, -0.05) is 41.8 Å². The van der Waals surface area contributed by atoms with E-state index in [0.717, 1.165) is 30.3 Å². The maximum absolute atomic E-state index is 12.6. The third-order valence-corrected chi connectivity index (χ3v) is 7.12. The Bertz CT molecular complexity index is 996. The summed E-state index contributed by atoms with van der Waals surface area (Å²) in [5.41, 5.74) is 2.19. The smallest absolute Gasteiger partial charge is 0.232 e. The van der Waals surface area contributed by atoms with E-state index < -0.39 is 10.0 Å². The molecule has 178 valence electrons. The molecule has 0 aliphatic carbocycles. The Labute approximate surface area is 208 Å². The zero-order valence-electron chi connectivity index (χ0n) is 18.5. The van der Waals surface area contributed by atoms with Gasteiger partial charge in [-0.25, -0.2) is 8.42 Å². The molecule has 1 heterocycles. The summed E-state index contributed by atoms with van der Waals surface area (Å²) in [6.07, 6.45) is 5.97. The minimum absolute atomic E-state index is 0. The van der Waals surface area contributed by atoms with Crippen LogP contribution >= 0.6 is 35.6 Å². The highest BCUT2D eigenvalue weighted by atomic mass is 35.5. The Kier molecular flexibility index (Phi) is 10.4. The van der Waals surface area contributed by atoms with Crippen LogP contribution in [-0.4, -0.2) is 45.8 Å². The third kappa shape index (κ3) is 7.70. The number of piperidine rings is 1. The van der Waals surface area contributed by atoms with Gasteiger partial charge in [0.25, 0.3) is 0 Å². The molecule has 1 aliphatic heterocycles. The van der Waals surface area contributed by atoms with Gasteiger partial charge in [-0.3, -0.25) is 4.31 Å². The second kappa shape index (κ2) is 12.3. The number of rotatable bonds is 9. The van der Waals surface area contributed by atoms with Gasteiger partial charge in [-0.2, -0.15) is 0 Å². The Hall–Kier alpha value is -1.18. The van der Waals surface area contributed by atoms with Crippen molar-refractivity contribution in [1.29, 1.82) is 0 Å². The van der Waals surface area contributed by atoms with Crippen LogP contribution in [0.15, 0.2) is 36.4 Å². The molecule has 5 nitrogen and oxygen atoms in total. The molecule has 0 bridgehead atoms. The second-order valence-corrected chi connectivity index (χ2v) is 10.8. The number of sulfonamides is 1. The van der Waals surface area contributed by atoms with E-state index >= 15 is 0 Å². The molecule has 2 aromatic rings. The molecule has 3 rings (SSSR count). The molecule has 0 amide bonds. The Balaban J connectivity index is 0.00000363. The highest BCUT2D eigenvalue weighted by molar-refractivity contribution is 7.92. The van der Waals surface area contributed by atoms with E-state index in [1.807, 2.05) is 25.1 Å². The maximum Gasteiger partial charge on any atom is 0.232 e. The largest absolute Gasteiger partial charge is 0.493 e. The first-order chi connectivity index (χ1) is 14.7. The van der Waals surface area contributed by atoms with Crippen LogP contribution in [0, 0.1) is 6.92 Å². The van der Waals surface area contributed by atoms with Crippen LogP contribution in [0.4, 0.5) is 5.69 Å². The molecular weight excluding hydrogens is 491 g/mol. The van der Waals surface area contributed by atoms with Crippen molar-refractivity contribution < 1.29 is 13.2 Å². The van der Waals surface area contributed by atoms with Crippen LogP contribution in [-0.2, 0) is 16.6 Å². The second-order valence-electron chi connectivity index (χ2n) is 8.08. The molecule has 9 heteroatoms. The average molecular weight is 522 g/mol. The average Bonchev–Trinajstić information content (AvgIpc) is 2.72. The Morgan fingerprint density at radius 1 is 1.06 bits per heavy atom. The predicted molar refractivity (Wildman–Crippen MR) is 136 cm³/mol. The van der Waals surface area contributed by atoms with Gasteiger partial charge < -0.3 is 9.64 Å². The molecule has 0 unspecified atom stereocenters. The van der Waals surface area contributed by atoms with E-state index in [1.54, 1.807) is 18.2 Å². The van der Waals surface area contributed by atoms with E-state index in [4.69, 9.17) is 27.9 Å². The number of benzene rings is 2. The summed E-state index contributed by atoms with van der Waals surface area (Å²) in [5, 5.41) is 0.747. The molecule has 1 fully saturated rings. The van der Waals surface area contributed by atoms with Gasteiger partial charge in [0.15, 0.2) is 0 Å². The van der Waals surface area contributed by atoms with Gasteiger partial charge in [0, 0.05) is 17.1 Å². The van der Waals surface area contributed by atoms with E-state index in [0.29, 0.717) is 28.1 Å². The van der Waals surface area contributed by atoms with Crippen molar-refractivity contribution in [2.45, 2.75) is 39.2 Å². The standard InChI is InChI=1S/C23H30Cl2N2O3S.ClH/c1-18-7-8-19(23(15-18)30-14-6-13-26-11-4-3-5-12-26)17-27(31(2,28)29)22-16-20(24)9-10-21(22)25;/h7-10,15-16H,3-6,11-14,17H2,1-2H3;1H. The lowest BCUT2D eigenvalue weighted by atomic mass is 10.1. The molecule has 0 radical (unpaired) electrons. The lowest BCUT2D eigenvalue weighted by molar-refractivity contribution is 0.204. The maximum atomic E-state index is 12.6. The molecule has 0 saturated carbocycles. The van der Waals surface area contributed by atoms with Crippen molar-refractivity contribution in [2.75, 3.05) is 36.8 Å². The summed E-state index contributed by atoms with van der Waals surface area (Å²) in [6, 6.07) is 10.6. The Morgan fingerprint density at radius 3 is 2.47 bits per heavy atom. The van der Waals surface area contributed by atoms with Crippen LogP contribution < -0.4 is 9.04 Å². The first-order valence-electron chi connectivity index (χ1n) is 10.6. The van der Waals surface area contributed by atoms with Crippen LogP contribution in [0.5, 0.6) is 5.75 Å². The third-order valence-electron chi connectivity index (χ3n) is 5.44. The van der Waals surface area contributed by atoms with E-state index in [1.165, 1.54) is 36.7 Å². The fraction of sp³-hybridized carbons (Fsp3) is 0.478. The number of aryl methyl sites for hydroxylation is 1. The molecule has 0 aromatic heterocycles.